The minimum atomic E-state index is 1.07. The van der Waals surface area contributed by atoms with Crippen LogP contribution in [0.3, 0.4) is 0 Å². The molecule has 12 heavy (non-hydrogen) atoms. The molecule has 1 aromatic carbocycles. The first kappa shape index (κ1) is 8.37. The number of fused-ring (bicyclic) bond motifs is 1. The number of nitrogens with zero attached hydrogens (tertiary/aromatic N) is 1. The summed E-state index contributed by atoms with van der Waals surface area (Å²) in [6.45, 7) is 0. The van der Waals surface area contributed by atoms with Gasteiger partial charge in [0.25, 0.3) is 0 Å². The average Bonchev–Trinajstić information content (AvgIpc) is 2.53. The highest BCUT2D eigenvalue weighted by Gasteiger charge is 2.04. The lowest BCUT2D eigenvalue weighted by atomic mass is 10.3. The minimum Gasteiger partial charge on any atom is -0.345 e. The van der Waals surface area contributed by atoms with Gasteiger partial charge < -0.3 is 4.98 Å². The summed E-state index contributed by atoms with van der Waals surface area (Å²) in [6.07, 6.45) is 3.81. The van der Waals surface area contributed by atoms with Crippen molar-refractivity contribution in [2.75, 3.05) is 6.26 Å². The Hall–Kier alpha value is -0.230. The number of hydrogen-bond donors (Lipinski definition) is 1. The highest BCUT2D eigenvalue weighted by Crippen LogP contribution is 2.27. The fourth-order valence-corrected chi connectivity index (χ4v) is 2.86. The summed E-state index contributed by atoms with van der Waals surface area (Å²) in [7, 11) is 0. The third-order valence-corrected chi connectivity index (χ3v) is 3.95. The Bertz CT molecular complexity index is 410. The molecule has 0 spiro atoms. The first-order chi connectivity index (χ1) is 5.83. The van der Waals surface area contributed by atoms with Crippen molar-refractivity contribution >= 4 is 45.4 Å². The zero-order chi connectivity index (χ0) is 8.55. The molecule has 0 fully saturated rings. The maximum absolute atomic E-state index is 4.25. The van der Waals surface area contributed by atoms with Crippen molar-refractivity contribution in [2.24, 2.45) is 0 Å². The predicted molar refractivity (Wildman–Crippen MR) is 60.6 cm³/mol. The molecule has 0 aliphatic rings. The molecular formula is C8H7IN2S. The average molecular weight is 290 g/mol. The van der Waals surface area contributed by atoms with E-state index in [0.717, 1.165) is 11.0 Å². The predicted octanol–water partition coefficient (Wildman–Crippen LogP) is 2.89. The van der Waals surface area contributed by atoms with Gasteiger partial charge >= 0.3 is 0 Å². The van der Waals surface area contributed by atoms with Crippen LogP contribution in [0, 0.1) is 3.57 Å². The maximum atomic E-state index is 4.25. The number of hydrogen-bond acceptors (Lipinski definition) is 2. The van der Waals surface area contributed by atoms with Crippen LogP contribution >= 0.6 is 34.4 Å². The SMILES string of the molecule is CSc1ccc2[nH]cnc2c1I. The maximum Gasteiger partial charge on any atom is 0.103 e. The van der Waals surface area contributed by atoms with Crippen molar-refractivity contribution in [1.82, 2.24) is 9.97 Å². The number of imidazole rings is 1. The summed E-state index contributed by atoms with van der Waals surface area (Å²) >= 11 is 4.08. The molecule has 1 aromatic heterocycles. The van der Waals surface area contributed by atoms with E-state index < -0.39 is 0 Å². The zero-order valence-corrected chi connectivity index (χ0v) is 9.44. The van der Waals surface area contributed by atoms with Gasteiger partial charge in [0.05, 0.1) is 15.4 Å². The van der Waals surface area contributed by atoms with Crippen molar-refractivity contribution in [3.63, 3.8) is 0 Å². The van der Waals surface area contributed by atoms with Crippen LogP contribution in [0.5, 0.6) is 0 Å². The van der Waals surface area contributed by atoms with Crippen molar-refractivity contribution in [1.29, 1.82) is 0 Å². The van der Waals surface area contributed by atoms with E-state index in [9.17, 15) is 0 Å². The van der Waals surface area contributed by atoms with E-state index in [1.54, 1.807) is 18.1 Å². The van der Waals surface area contributed by atoms with Gasteiger partial charge in [0.15, 0.2) is 0 Å². The molecule has 0 bridgehead atoms. The largest absolute Gasteiger partial charge is 0.345 e. The van der Waals surface area contributed by atoms with Gasteiger partial charge in [-0.25, -0.2) is 4.98 Å². The summed E-state index contributed by atoms with van der Waals surface area (Å²) in [5.41, 5.74) is 2.18. The van der Waals surface area contributed by atoms with Gasteiger partial charge in [0.1, 0.15) is 5.52 Å². The van der Waals surface area contributed by atoms with E-state index in [-0.39, 0.29) is 0 Å². The first-order valence-electron chi connectivity index (χ1n) is 3.48. The molecular weight excluding hydrogens is 283 g/mol. The topological polar surface area (TPSA) is 28.7 Å². The Morgan fingerprint density at radius 2 is 2.33 bits per heavy atom. The number of benzene rings is 1. The van der Waals surface area contributed by atoms with Gasteiger partial charge in [-0.1, -0.05) is 0 Å². The molecule has 1 heterocycles. The standard InChI is InChI=1S/C8H7IN2S/c1-12-6-3-2-5-8(7(6)9)11-4-10-5/h2-4H,1H3,(H,10,11). The van der Waals surface area contributed by atoms with Gasteiger partial charge in [0, 0.05) is 4.90 Å². The normalized spacial score (nSPS) is 10.8. The smallest absolute Gasteiger partial charge is 0.103 e. The second-order valence-corrected chi connectivity index (χ2v) is 4.31. The molecule has 2 aromatic rings. The van der Waals surface area contributed by atoms with Crippen LogP contribution in [0.25, 0.3) is 11.0 Å². The highest BCUT2D eigenvalue weighted by molar-refractivity contribution is 14.1. The lowest BCUT2D eigenvalue weighted by molar-refractivity contribution is 1.34. The van der Waals surface area contributed by atoms with Gasteiger partial charge in [-0.05, 0) is 41.0 Å². The third-order valence-electron chi connectivity index (χ3n) is 1.71. The summed E-state index contributed by atoms with van der Waals surface area (Å²) in [5.74, 6) is 0. The van der Waals surface area contributed by atoms with Crippen LogP contribution in [0.15, 0.2) is 23.4 Å². The Morgan fingerprint density at radius 1 is 1.50 bits per heavy atom. The van der Waals surface area contributed by atoms with E-state index in [0.29, 0.717) is 0 Å². The number of nitrogens with one attached hydrogen (secondary N) is 1. The molecule has 0 atom stereocenters. The summed E-state index contributed by atoms with van der Waals surface area (Å²) in [6, 6.07) is 4.18. The molecule has 0 aliphatic heterocycles. The van der Waals surface area contributed by atoms with E-state index in [2.05, 4.69) is 50.9 Å². The molecule has 4 heteroatoms. The number of H-pyrrole nitrogens is 1. The molecule has 0 radical (unpaired) electrons. The number of halogens is 1. The lowest BCUT2D eigenvalue weighted by Gasteiger charge is -1.99. The van der Waals surface area contributed by atoms with Crippen LogP contribution < -0.4 is 0 Å². The molecule has 0 saturated carbocycles. The van der Waals surface area contributed by atoms with Gasteiger partial charge in [-0.3, -0.25) is 0 Å². The number of rotatable bonds is 1. The van der Waals surface area contributed by atoms with Crippen LogP contribution in [0.4, 0.5) is 0 Å². The minimum absolute atomic E-state index is 1.07. The van der Waals surface area contributed by atoms with Crippen molar-refractivity contribution in [3.05, 3.63) is 22.0 Å². The van der Waals surface area contributed by atoms with Gasteiger partial charge in [-0.15, -0.1) is 11.8 Å². The van der Waals surface area contributed by atoms with Crippen molar-refractivity contribution < 1.29 is 0 Å². The second-order valence-electron chi connectivity index (χ2n) is 2.38. The van der Waals surface area contributed by atoms with Crippen molar-refractivity contribution in [3.8, 4) is 0 Å². The summed E-state index contributed by atoms with van der Waals surface area (Å²) in [5, 5.41) is 0. The van der Waals surface area contributed by atoms with E-state index >= 15 is 0 Å². The van der Waals surface area contributed by atoms with Crippen LogP contribution in [0.1, 0.15) is 0 Å². The molecule has 62 valence electrons. The molecule has 0 amide bonds. The number of aromatic nitrogens is 2. The van der Waals surface area contributed by atoms with Crippen molar-refractivity contribution in [2.45, 2.75) is 4.90 Å². The van der Waals surface area contributed by atoms with E-state index in [1.807, 2.05) is 0 Å². The Labute approximate surface area is 88.3 Å². The lowest BCUT2D eigenvalue weighted by Crippen LogP contribution is -1.80. The zero-order valence-electron chi connectivity index (χ0n) is 6.47. The van der Waals surface area contributed by atoms with Crippen LogP contribution in [-0.2, 0) is 0 Å². The van der Waals surface area contributed by atoms with Crippen LogP contribution in [0.2, 0.25) is 0 Å². The fourth-order valence-electron chi connectivity index (χ4n) is 1.11. The number of thioether (sulfide) groups is 1. The fraction of sp³-hybridized carbons (Fsp3) is 0.125. The molecule has 0 saturated heterocycles. The van der Waals surface area contributed by atoms with E-state index in [1.165, 1.54) is 8.47 Å². The summed E-state index contributed by atoms with van der Waals surface area (Å²) in [4.78, 5) is 8.62. The van der Waals surface area contributed by atoms with Crippen LogP contribution in [-0.4, -0.2) is 16.2 Å². The third kappa shape index (κ3) is 1.22. The molecule has 0 aliphatic carbocycles. The Morgan fingerprint density at radius 3 is 3.08 bits per heavy atom. The molecule has 2 nitrogen and oxygen atoms in total. The number of aromatic amines is 1. The Balaban J connectivity index is 2.78. The summed E-state index contributed by atoms with van der Waals surface area (Å²) < 4.78 is 1.24. The van der Waals surface area contributed by atoms with Gasteiger partial charge in [0.2, 0.25) is 0 Å². The molecule has 1 N–H and O–H groups in total. The molecule has 2 rings (SSSR count). The highest BCUT2D eigenvalue weighted by atomic mass is 127. The monoisotopic (exact) mass is 290 g/mol. The quantitative estimate of drug-likeness (QED) is 0.646. The first-order valence-corrected chi connectivity index (χ1v) is 5.79. The Kier molecular flexibility index (Phi) is 2.27. The molecule has 0 unspecified atom stereocenters. The van der Waals surface area contributed by atoms with Gasteiger partial charge in [-0.2, -0.15) is 0 Å². The van der Waals surface area contributed by atoms with E-state index in [4.69, 9.17) is 0 Å². The second kappa shape index (κ2) is 3.26.